The van der Waals surface area contributed by atoms with Gasteiger partial charge in [-0.05, 0) is 61.4 Å². The van der Waals surface area contributed by atoms with E-state index in [0.29, 0.717) is 35.3 Å². The fraction of sp³-hybridized carbons (Fsp3) is 0.300. The first-order valence-electron chi connectivity index (χ1n) is 13.5. The maximum Gasteiger partial charge on any atom is 0.417 e. The third-order valence-corrected chi connectivity index (χ3v) is 7.07. The number of ether oxygens (including phenoxy) is 2. The largest absolute Gasteiger partial charge is 0.469 e. The van der Waals surface area contributed by atoms with Gasteiger partial charge in [-0.15, -0.1) is 0 Å². The van der Waals surface area contributed by atoms with Gasteiger partial charge in [0.25, 0.3) is 0 Å². The van der Waals surface area contributed by atoms with Crippen molar-refractivity contribution in [3.63, 3.8) is 0 Å². The van der Waals surface area contributed by atoms with Crippen LogP contribution in [0.5, 0.6) is 11.6 Å². The van der Waals surface area contributed by atoms with Crippen LogP contribution in [0.25, 0.3) is 0 Å². The molecule has 0 aliphatic carbocycles. The Balaban J connectivity index is 1.68. The minimum Gasteiger partial charge on any atom is -0.469 e. The van der Waals surface area contributed by atoms with Crippen LogP contribution < -0.4 is 21.4 Å². The summed E-state index contributed by atoms with van der Waals surface area (Å²) in [7, 11) is 1.24. The Morgan fingerprint density at radius 1 is 1.05 bits per heavy atom. The number of benzene rings is 2. The lowest BCUT2D eigenvalue weighted by Gasteiger charge is -2.24. The van der Waals surface area contributed by atoms with E-state index >= 15 is 0 Å². The number of esters is 1. The van der Waals surface area contributed by atoms with Crippen LogP contribution in [0, 0.1) is 5.92 Å². The summed E-state index contributed by atoms with van der Waals surface area (Å²) in [5.74, 6) is -1.16. The van der Waals surface area contributed by atoms with Crippen molar-refractivity contribution in [3.05, 3.63) is 104 Å². The standard InChI is InChI=1S/C30H29ClF3N5O5/c1-4-5-24(18(2)26(40)43-3)39-28(41)37-27(38(29(39)42)17-19-6-9-21(31)10-7-19)36-22-11-13-23(14-12-22)44-25-15-8-20(16-35-25)30(32,33)34/h6-16,18,24H,4-5,17H2,1-3H3,(H,36,37,41)/t18-,24+/m1/s1. The second kappa shape index (κ2) is 13.8. The number of carbonyl (C=O) groups is 1. The van der Waals surface area contributed by atoms with Crippen molar-refractivity contribution in [2.24, 2.45) is 5.92 Å². The molecule has 4 rings (SSSR count). The number of aromatic nitrogens is 4. The number of anilines is 2. The van der Waals surface area contributed by atoms with Gasteiger partial charge in [-0.2, -0.15) is 18.2 Å². The zero-order valence-corrected chi connectivity index (χ0v) is 24.7. The molecule has 232 valence electrons. The molecule has 0 aliphatic heterocycles. The summed E-state index contributed by atoms with van der Waals surface area (Å²) in [6, 6.07) is 14.2. The van der Waals surface area contributed by atoms with Gasteiger partial charge in [0.1, 0.15) is 5.75 Å². The molecule has 0 amide bonds. The molecule has 44 heavy (non-hydrogen) atoms. The first-order chi connectivity index (χ1) is 20.9. The molecular formula is C30H29ClF3N5O5. The number of nitrogens with zero attached hydrogens (tertiary/aromatic N) is 4. The molecule has 0 saturated carbocycles. The molecule has 0 saturated heterocycles. The third-order valence-electron chi connectivity index (χ3n) is 6.82. The number of halogens is 4. The molecule has 0 bridgehead atoms. The van der Waals surface area contributed by atoms with Crippen molar-refractivity contribution in [2.45, 2.75) is 45.5 Å². The van der Waals surface area contributed by atoms with Crippen molar-refractivity contribution in [1.29, 1.82) is 0 Å². The van der Waals surface area contributed by atoms with E-state index in [1.54, 1.807) is 43.3 Å². The van der Waals surface area contributed by atoms with Crippen molar-refractivity contribution < 1.29 is 27.4 Å². The maximum absolute atomic E-state index is 13.9. The quantitative estimate of drug-likeness (QED) is 0.194. The van der Waals surface area contributed by atoms with Crippen LogP contribution in [-0.4, -0.2) is 32.2 Å². The van der Waals surface area contributed by atoms with Crippen molar-refractivity contribution in [2.75, 3.05) is 12.4 Å². The average molecular weight is 632 g/mol. The fourth-order valence-electron chi connectivity index (χ4n) is 4.51. The highest BCUT2D eigenvalue weighted by Crippen LogP contribution is 2.30. The predicted molar refractivity (Wildman–Crippen MR) is 157 cm³/mol. The number of pyridine rings is 1. The van der Waals surface area contributed by atoms with Crippen LogP contribution in [-0.2, 0) is 22.3 Å². The molecule has 4 aromatic rings. The van der Waals surface area contributed by atoms with Gasteiger partial charge in [0.2, 0.25) is 11.8 Å². The Bertz CT molecular complexity index is 1710. The highest BCUT2D eigenvalue weighted by Gasteiger charge is 2.31. The van der Waals surface area contributed by atoms with Crippen LogP contribution in [0.1, 0.15) is 43.9 Å². The van der Waals surface area contributed by atoms with Gasteiger partial charge >= 0.3 is 23.5 Å². The number of methoxy groups -OCH3 is 1. The first kappa shape index (κ1) is 32.3. The number of carbonyl (C=O) groups excluding carboxylic acids is 1. The Morgan fingerprint density at radius 3 is 2.30 bits per heavy atom. The predicted octanol–water partition coefficient (Wildman–Crippen LogP) is 6.21. The van der Waals surface area contributed by atoms with E-state index in [2.05, 4.69) is 15.3 Å². The molecule has 1 N–H and O–H groups in total. The third kappa shape index (κ3) is 7.64. The number of rotatable bonds is 11. The van der Waals surface area contributed by atoms with E-state index < -0.39 is 41.0 Å². The minimum atomic E-state index is -4.52. The van der Waals surface area contributed by atoms with Gasteiger partial charge in [0.05, 0.1) is 31.2 Å². The molecule has 0 unspecified atom stereocenters. The fourth-order valence-corrected chi connectivity index (χ4v) is 4.63. The van der Waals surface area contributed by atoms with E-state index in [1.807, 2.05) is 6.92 Å². The number of hydrogen-bond acceptors (Lipinski definition) is 8. The highest BCUT2D eigenvalue weighted by atomic mass is 35.5. The van der Waals surface area contributed by atoms with Crippen LogP contribution in [0.2, 0.25) is 5.02 Å². The number of nitrogens with one attached hydrogen (secondary N) is 1. The van der Waals surface area contributed by atoms with Gasteiger partial charge in [0, 0.05) is 23.0 Å². The lowest BCUT2D eigenvalue weighted by atomic mass is 9.97. The zero-order chi connectivity index (χ0) is 32.0. The molecule has 10 nitrogen and oxygen atoms in total. The van der Waals surface area contributed by atoms with Crippen LogP contribution in [0.4, 0.5) is 24.8 Å². The molecule has 0 fully saturated rings. The highest BCUT2D eigenvalue weighted by molar-refractivity contribution is 6.30. The lowest BCUT2D eigenvalue weighted by molar-refractivity contribution is -0.146. The summed E-state index contributed by atoms with van der Waals surface area (Å²) < 4.78 is 51.1. The molecule has 2 atom stereocenters. The Morgan fingerprint density at radius 2 is 1.73 bits per heavy atom. The molecule has 14 heteroatoms. The van der Waals surface area contributed by atoms with E-state index in [-0.39, 0.29) is 24.1 Å². The maximum atomic E-state index is 13.9. The van der Waals surface area contributed by atoms with Gasteiger partial charge < -0.3 is 14.8 Å². The summed E-state index contributed by atoms with van der Waals surface area (Å²) >= 11 is 6.03. The molecule has 0 spiro atoms. The van der Waals surface area contributed by atoms with E-state index in [1.165, 1.54) is 23.8 Å². The SMILES string of the molecule is CCC[C@@H]([C@@H](C)C(=O)OC)n1c(=O)nc(Nc2ccc(Oc3ccc(C(F)(F)F)cn3)cc2)n(Cc2ccc(Cl)cc2)c1=O. The van der Waals surface area contributed by atoms with E-state index in [4.69, 9.17) is 21.1 Å². The summed E-state index contributed by atoms with van der Waals surface area (Å²) in [5, 5.41) is 3.49. The van der Waals surface area contributed by atoms with Crippen LogP contribution in [0.3, 0.4) is 0 Å². The van der Waals surface area contributed by atoms with E-state index in [0.717, 1.165) is 16.7 Å². The van der Waals surface area contributed by atoms with Gasteiger partial charge in [0.15, 0.2) is 0 Å². The number of hydrogen-bond donors (Lipinski definition) is 1. The van der Waals surface area contributed by atoms with Gasteiger partial charge in [-0.1, -0.05) is 37.1 Å². The van der Waals surface area contributed by atoms with Crippen LogP contribution >= 0.6 is 11.6 Å². The minimum absolute atomic E-state index is 0.0256. The summed E-state index contributed by atoms with van der Waals surface area (Å²) in [5.41, 5.74) is -1.28. The van der Waals surface area contributed by atoms with Crippen molar-refractivity contribution in [3.8, 4) is 11.6 Å². The summed E-state index contributed by atoms with van der Waals surface area (Å²) in [6.07, 6.45) is -2.89. The van der Waals surface area contributed by atoms with E-state index in [9.17, 15) is 27.6 Å². The zero-order valence-electron chi connectivity index (χ0n) is 24.0. The van der Waals surface area contributed by atoms with Crippen molar-refractivity contribution in [1.82, 2.24) is 19.1 Å². The smallest absolute Gasteiger partial charge is 0.417 e. The normalized spacial score (nSPS) is 12.8. The van der Waals surface area contributed by atoms with Gasteiger partial charge in [-0.3, -0.25) is 9.36 Å². The Hall–Kier alpha value is -4.65. The number of alkyl halides is 3. The monoisotopic (exact) mass is 631 g/mol. The molecule has 0 aliphatic rings. The molecule has 2 aromatic heterocycles. The Kier molecular flexibility index (Phi) is 10.1. The van der Waals surface area contributed by atoms with Crippen LogP contribution in [0.15, 0.2) is 76.4 Å². The average Bonchev–Trinajstić information content (AvgIpc) is 2.99. The summed E-state index contributed by atoms with van der Waals surface area (Å²) in [4.78, 5) is 47.5. The molecular weight excluding hydrogens is 603 g/mol. The second-order valence-electron chi connectivity index (χ2n) is 9.89. The van der Waals surface area contributed by atoms with Gasteiger partial charge in [-0.25, -0.2) is 19.1 Å². The molecule has 2 aromatic carbocycles. The Labute approximate surface area is 255 Å². The molecule has 0 radical (unpaired) electrons. The lowest BCUT2D eigenvalue weighted by Crippen LogP contribution is -2.47. The first-order valence-corrected chi connectivity index (χ1v) is 13.9. The topological polar surface area (TPSA) is 117 Å². The summed E-state index contributed by atoms with van der Waals surface area (Å²) in [6.45, 7) is 3.49. The second-order valence-corrected chi connectivity index (χ2v) is 10.3. The molecule has 2 heterocycles. The van der Waals surface area contributed by atoms with Crippen molar-refractivity contribution >= 4 is 29.2 Å².